The Kier molecular flexibility index (Phi) is 4.59. The van der Waals surface area contributed by atoms with Crippen LogP contribution in [0.5, 0.6) is 0 Å². The second-order valence-corrected chi connectivity index (χ2v) is 6.61. The van der Waals surface area contributed by atoms with Crippen LogP contribution < -0.4 is 11.1 Å². The molecule has 1 amide bonds. The standard InChI is InChI=1S/C17H25FN2O2/c1-5-22-14-9-17(19,16(14,3)4)15(21)20-10-12-6-7-13(18)11(2)8-12/h6-8,14H,5,9-10,19H2,1-4H3,(H,20,21). The third-order valence-corrected chi connectivity index (χ3v) is 4.91. The average Bonchev–Trinajstić information content (AvgIpc) is 2.47. The topological polar surface area (TPSA) is 64.3 Å². The maximum absolute atomic E-state index is 13.2. The van der Waals surface area contributed by atoms with Gasteiger partial charge in [-0.3, -0.25) is 4.79 Å². The summed E-state index contributed by atoms with van der Waals surface area (Å²) in [6.45, 7) is 8.50. The molecule has 1 aromatic carbocycles. The van der Waals surface area contributed by atoms with Gasteiger partial charge in [-0.05, 0) is 31.0 Å². The number of hydrogen-bond donors (Lipinski definition) is 2. The molecule has 1 saturated carbocycles. The molecule has 0 saturated heterocycles. The molecule has 3 N–H and O–H groups in total. The quantitative estimate of drug-likeness (QED) is 0.877. The van der Waals surface area contributed by atoms with E-state index in [4.69, 9.17) is 10.5 Å². The van der Waals surface area contributed by atoms with E-state index in [2.05, 4.69) is 5.32 Å². The van der Waals surface area contributed by atoms with E-state index in [-0.39, 0.29) is 17.8 Å². The molecule has 22 heavy (non-hydrogen) atoms. The number of carbonyl (C=O) groups excluding carboxylic acids is 1. The maximum atomic E-state index is 13.2. The molecule has 2 atom stereocenters. The number of nitrogens with two attached hydrogens (primary N) is 1. The second kappa shape index (κ2) is 5.97. The number of rotatable bonds is 5. The Balaban J connectivity index is 1.99. The number of ether oxygens (including phenoxy) is 1. The van der Waals surface area contributed by atoms with Crippen LogP contribution in [0.2, 0.25) is 0 Å². The molecule has 0 spiro atoms. The molecule has 2 unspecified atom stereocenters. The van der Waals surface area contributed by atoms with E-state index in [1.165, 1.54) is 6.07 Å². The molecule has 0 heterocycles. The molecule has 0 bridgehead atoms. The van der Waals surface area contributed by atoms with Crippen LogP contribution >= 0.6 is 0 Å². The van der Waals surface area contributed by atoms with Gasteiger partial charge in [0.05, 0.1) is 6.10 Å². The fourth-order valence-corrected chi connectivity index (χ4v) is 2.98. The first-order valence-corrected chi connectivity index (χ1v) is 7.66. The van der Waals surface area contributed by atoms with Gasteiger partial charge in [-0.15, -0.1) is 0 Å². The average molecular weight is 308 g/mol. The summed E-state index contributed by atoms with van der Waals surface area (Å²) in [6.07, 6.45) is 0.517. The minimum absolute atomic E-state index is 0.00122. The zero-order chi connectivity index (χ0) is 16.5. The predicted molar refractivity (Wildman–Crippen MR) is 83.7 cm³/mol. The molecule has 5 heteroatoms. The number of benzene rings is 1. The van der Waals surface area contributed by atoms with Gasteiger partial charge < -0.3 is 15.8 Å². The van der Waals surface area contributed by atoms with E-state index in [0.29, 0.717) is 25.1 Å². The van der Waals surface area contributed by atoms with Crippen molar-refractivity contribution >= 4 is 5.91 Å². The van der Waals surface area contributed by atoms with Gasteiger partial charge in [-0.1, -0.05) is 26.0 Å². The molecule has 0 aliphatic heterocycles. The van der Waals surface area contributed by atoms with Crippen LogP contribution in [0.4, 0.5) is 4.39 Å². The first kappa shape index (κ1) is 16.9. The summed E-state index contributed by atoms with van der Waals surface area (Å²) in [5.74, 6) is -0.430. The van der Waals surface area contributed by atoms with Crippen molar-refractivity contribution in [3.63, 3.8) is 0 Å². The highest BCUT2D eigenvalue weighted by molar-refractivity contribution is 5.88. The van der Waals surface area contributed by atoms with Gasteiger partial charge in [-0.25, -0.2) is 4.39 Å². The Hall–Kier alpha value is -1.46. The summed E-state index contributed by atoms with van der Waals surface area (Å²) in [7, 11) is 0. The van der Waals surface area contributed by atoms with Crippen molar-refractivity contribution < 1.29 is 13.9 Å². The molecular weight excluding hydrogens is 283 g/mol. The van der Waals surface area contributed by atoms with Gasteiger partial charge in [-0.2, -0.15) is 0 Å². The summed E-state index contributed by atoms with van der Waals surface area (Å²) in [6, 6.07) is 4.81. The molecule has 1 aliphatic rings. The molecule has 2 rings (SSSR count). The summed E-state index contributed by atoms with van der Waals surface area (Å²) >= 11 is 0. The molecule has 122 valence electrons. The summed E-state index contributed by atoms with van der Waals surface area (Å²) in [5.41, 5.74) is 6.39. The number of hydrogen-bond acceptors (Lipinski definition) is 3. The third kappa shape index (κ3) is 2.75. The molecule has 1 aliphatic carbocycles. The van der Waals surface area contributed by atoms with Crippen molar-refractivity contribution in [1.29, 1.82) is 0 Å². The Bertz CT molecular complexity index is 574. The largest absolute Gasteiger partial charge is 0.378 e. The third-order valence-electron chi connectivity index (χ3n) is 4.91. The number of amides is 1. The normalized spacial score (nSPS) is 26.4. The lowest BCUT2D eigenvalue weighted by Crippen LogP contribution is -2.75. The van der Waals surface area contributed by atoms with E-state index in [1.54, 1.807) is 19.1 Å². The molecule has 1 aromatic rings. The summed E-state index contributed by atoms with van der Waals surface area (Å²) < 4.78 is 18.9. The van der Waals surface area contributed by atoms with Gasteiger partial charge in [0, 0.05) is 25.0 Å². The number of nitrogens with one attached hydrogen (secondary N) is 1. The number of aryl methyl sites for hydroxylation is 1. The molecule has 0 aromatic heterocycles. The first-order valence-electron chi connectivity index (χ1n) is 7.66. The van der Waals surface area contributed by atoms with Crippen LogP contribution in [0.15, 0.2) is 18.2 Å². The van der Waals surface area contributed by atoms with E-state index in [1.807, 2.05) is 20.8 Å². The monoisotopic (exact) mass is 308 g/mol. The van der Waals surface area contributed by atoms with E-state index >= 15 is 0 Å². The predicted octanol–water partition coefficient (Wildman–Crippen LogP) is 2.28. The minimum atomic E-state index is -0.929. The SMILES string of the molecule is CCOC1CC(N)(C(=O)NCc2ccc(F)c(C)c2)C1(C)C. The number of carbonyl (C=O) groups is 1. The maximum Gasteiger partial charge on any atom is 0.241 e. The van der Waals surface area contributed by atoms with Gasteiger partial charge in [0.25, 0.3) is 0 Å². The Labute approximate surface area is 131 Å². The van der Waals surface area contributed by atoms with Gasteiger partial charge in [0.15, 0.2) is 0 Å². The van der Waals surface area contributed by atoms with Crippen molar-refractivity contribution in [3.8, 4) is 0 Å². The fraction of sp³-hybridized carbons (Fsp3) is 0.588. The summed E-state index contributed by atoms with van der Waals surface area (Å²) in [4.78, 5) is 12.5. The van der Waals surface area contributed by atoms with Crippen LogP contribution in [-0.2, 0) is 16.1 Å². The van der Waals surface area contributed by atoms with E-state index in [9.17, 15) is 9.18 Å². The van der Waals surface area contributed by atoms with Crippen molar-refractivity contribution in [3.05, 3.63) is 35.1 Å². The van der Waals surface area contributed by atoms with Crippen LogP contribution in [0.25, 0.3) is 0 Å². The highest BCUT2D eigenvalue weighted by Gasteiger charge is 2.62. The molecule has 0 radical (unpaired) electrons. The summed E-state index contributed by atoms with van der Waals surface area (Å²) in [5, 5.41) is 2.86. The lowest BCUT2D eigenvalue weighted by Gasteiger charge is -2.57. The molecular formula is C17H25FN2O2. The van der Waals surface area contributed by atoms with Crippen molar-refractivity contribution in [2.24, 2.45) is 11.1 Å². The fourth-order valence-electron chi connectivity index (χ4n) is 2.98. The molecule has 1 fully saturated rings. The Morgan fingerprint density at radius 2 is 2.18 bits per heavy atom. The van der Waals surface area contributed by atoms with E-state index in [0.717, 1.165) is 5.56 Å². The lowest BCUT2D eigenvalue weighted by atomic mass is 9.54. The minimum Gasteiger partial charge on any atom is -0.378 e. The van der Waals surface area contributed by atoms with Crippen molar-refractivity contribution in [2.45, 2.75) is 52.3 Å². The van der Waals surface area contributed by atoms with Crippen LogP contribution in [0, 0.1) is 18.2 Å². The van der Waals surface area contributed by atoms with Gasteiger partial charge in [0.2, 0.25) is 5.91 Å². The van der Waals surface area contributed by atoms with Crippen molar-refractivity contribution in [2.75, 3.05) is 6.61 Å². The van der Waals surface area contributed by atoms with E-state index < -0.39 is 11.0 Å². The highest BCUT2D eigenvalue weighted by atomic mass is 19.1. The highest BCUT2D eigenvalue weighted by Crippen LogP contribution is 2.49. The Morgan fingerprint density at radius 1 is 1.50 bits per heavy atom. The first-order chi connectivity index (χ1) is 10.2. The van der Waals surface area contributed by atoms with Crippen LogP contribution in [0.3, 0.4) is 0 Å². The molecule has 4 nitrogen and oxygen atoms in total. The second-order valence-electron chi connectivity index (χ2n) is 6.61. The smallest absolute Gasteiger partial charge is 0.241 e. The van der Waals surface area contributed by atoms with Crippen molar-refractivity contribution in [1.82, 2.24) is 5.32 Å². The van der Waals surface area contributed by atoms with Gasteiger partial charge >= 0.3 is 0 Å². The van der Waals surface area contributed by atoms with Crippen LogP contribution in [0.1, 0.15) is 38.3 Å². The number of halogens is 1. The lowest BCUT2D eigenvalue weighted by molar-refractivity contribution is -0.170. The zero-order valence-electron chi connectivity index (χ0n) is 13.7. The van der Waals surface area contributed by atoms with Gasteiger partial charge in [0.1, 0.15) is 11.4 Å². The van der Waals surface area contributed by atoms with Crippen LogP contribution in [-0.4, -0.2) is 24.2 Å². The Morgan fingerprint density at radius 3 is 2.73 bits per heavy atom. The zero-order valence-corrected chi connectivity index (χ0v) is 13.7.